The number of pyridine rings is 1. The summed E-state index contributed by atoms with van der Waals surface area (Å²) in [6, 6.07) is 7.11. The van der Waals surface area contributed by atoms with Gasteiger partial charge in [-0.3, -0.25) is 9.78 Å². The van der Waals surface area contributed by atoms with Gasteiger partial charge in [0.1, 0.15) is 10.6 Å². The van der Waals surface area contributed by atoms with Crippen LogP contribution in [0.5, 0.6) is 5.75 Å². The van der Waals surface area contributed by atoms with E-state index < -0.39 is 31.9 Å². The first kappa shape index (κ1) is 20.2. The maximum Gasteiger partial charge on any atom is 0.244 e. The summed E-state index contributed by atoms with van der Waals surface area (Å²) in [7, 11) is -6.60. The highest BCUT2D eigenvalue weighted by atomic mass is 32.2. The van der Waals surface area contributed by atoms with E-state index >= 15 is 0 Å². The van der Waals surface area contributed by atoms with Gasteiger partial charge in [-0.1, -0.05) is 6.92 Å². The van der Waals surface area contributed by atoms with Gasteiger partial charge in [0.05, 0.1) is 24.5 Å². The molecule has 0 radical (unpaired) electrons. The predicted molar refractivity (Wildman–Crippen MR) is 102 cm³/mol. The maximum absolute atomic E-state index is 12.8. The van der Waals surface area contributed by atoms with Gasteiger partial charge >= 0.3 is 0 Å². The van der Waals surface area contributed by atoms with Crippen LogP contribution in [0.25, 0.3) is 0 Å². The summed E-state index contributed by atoms with van der Waals surface area (Å²) in [6.45, 7) is 1.52. The van der Waals surface area contributed by atoms with Crippen LogP contribution in [-0.2, 0) is 31.4 Å². The largest absolute Gasteiger partial charge is 0.495 e. The smallest absolute Gasteiger partial charge is 0.244 e. The van der Waals surface area contributed by atoms with Gasteiger partial charge in [-0.15, -0.1) is 0 Å². The SMILES string of the molecule is COc1ccc(N2C(=O)[C@H](C)CS2(=O)=O)cc1S(=O)(=O)NCc1ccncc1. The van der Waals surface area contributed by atoms with Gasteiger partial charge in [-0.05, 0) is 35.9 Å². The molecule has 2 heterocycles. The number of amides is 1. The number of aromatic nitrogens is 1. The second-order valence-corrected chi connectivity index (χ2v) is 9.90. The standard InChI is InChI=1S/C17H19N3O6S2/c1-12-11-27(22,23)20(17(12)21)14-3-4-15(26-2)16(9-14)28(24,25)19-10-13-5-7-18-8-6-13/h3-9,12,19H,10-11H2,1-2H3/t12-/m1/s1. The summed E-state index contributed by atoms with van der Waals surface area (Å²) in [5.74, 6) is -1.58. The van der Waals surface area contributed by atoms with Crippen molar-refractivity contribution in [2.24, 2.45) is 5.92 Å². The second kappa shape index (κ2) is 7.49. The van der Waals surface area contributed by atoms with E-state index in [-0.39, 0.29) is 28.6 Å². The van der Waals surface area contributed by atoms with E-state index in [1.807, 2.05) is 0 Å². The molecule has 0 aliphatic carbocycles. The first-order chi connectivity index (χ1) is 13.2. The van der Waals surface area contributed by atoms with Crippen LogP contribution in [0, 0.1) is 5.92 Å². The molecule has 9 nitrogen and oxygen atoms in total. The Kier molecular flexibility index (Phi) is 5.41. The minimum atomic E-state index is -4.05. The molecule has 1 fully saturated rings. The fourth-order valence-corrected chi connectivity index (χ4v) is 5.86. The van der Waals surface area contributed by atoms with Crippen LogP contribution < -0.4 is 13.8 Å². The summed E-state index contributed by atoms with van der Waals surface area (Å²) >= 11 is 0. The number of sulfonamides is 2. The zero-order valence-electron chi connectivity index (χ0n) is 15.2. The topological polar surface area (TPSA) is 123 Å². The number of rotatable bonds is 6. The van der Waals surface area contributed by atoms with Crippen LogP contribution in [0.3, 0.4) is 0 Å². The molecule has 0 unspecified atom stereocenters. The third kappa shape index (κ3) is 3.86. The summed E-state index contributed by atoms with van der Waals surface area (Å²) in [4.78, 5) is 15.9. The highest BCUT2D eigenvalue weighted by molar-refractivity contribution is 7.94. The molecule has 11 heteroatoms. The molecule has 0 spiro atoms. The lowest BCUT2D eigenvalue weighted by Gasteiger charge is -2.18. The van der Waals surface area contributed by atoms with Crippen LogP contribution in [-0.4, -0.2) is 40.6 Å². The van der Waals surface area contributed by atoms with Crippen molar-refractivity contribution in [1.82, 2.24) is 9.71 Å². The summed E-state index contributed by atoms with van der Waals surface area (Å²) in [5.41, 5.74) is 0.652. The van der Waals surface area contributed by atoms with Crippen molar-refractivity contribution in [1.29, 1.82) is 0 Å². The molecule has 0 bridgehead atoms. The van der Waals surface area contributed by atoms with Crippen LogP contribution in [0.1, 0.15) is 12.5 Å². The molecule has 28 heavy (non-hydrogen) atoms. The third-order valence-electron chi connectivity index (χ3n) is 4.25. The average molecular weight is 425 g/mol. The van der Waals surface area contributed by atoms with E-state index in [0.29, 0.717) is 9.87 Å². The molecule has 1 N–H and O–H groups in total. The lowest BCUT2D eigenvalue weighted by molar-refractivity contribution is -0.119. The highest BCUT2D eigenvalue weighted by Gasteiger charge is 2.42. The lowest BCUT2D eigenvalue weighted by Crippen LogP contribution is -2.31. The van der Waals surface area contributed by atoms with Gasteiger partial charge in [0.15, 0.2) is 0 Å². The third-order valence-corrected chi connectivity index (χ3v) is 7.54. The normalized spacial score (nSPS) is 19.0. The summed E-state index contributed by atoms with van der Waals surface area (Å²) in [6.07, 6.45) is 3.08. The number of anilines is 1. The van der Waals surface area contributed by atoms with Crippen molar-refractivity contribution in [3.8, 4) is 5.75 Å². The Bertz CT molecular complexity index is 1100. The Morgan fingerprint density at radius 3 is 2.50 bits per heavy atom. The number of hydrogen-bond acceptors (Lipinski definition) is 7. The molecule has 1 atom stereocenters. The summed E-state index contributed by atoms with van der Waals surface area (Å²) in [5, 5.41) is 0. The fraction of sp³-hybridized carbons (Fsp3) is 0.294. The van der Waals surface area contributed by atoms with Crippen molar-refractivity contribution in [3.05, 3.63) is 48.3 Å². The predicted octanol–water partition coefficient (Wildman–Crippen LogP) is 0.881. The molecular formula is C17H19N3O6S2. The van der Waals surface area contributed by atoms with Crippen molar-refractivity contribution in [2.75, 3.05) is 17.2 Å². The Morgan fingerprint density at radius 2 is 1.93 bits per heavy atom. The zero-order chi connectivity index (χ0) is 20.5. The van der Waals surface area contributed by atoms with Crippen molar-refractivity contribution in [2.45, 2.75) is 18.4 Å². The minimum Gasteiger partial charge on any atom is -0.495 e. The van der Waals surface area contributed by atoms with E-state index in [0.717, 1.165) is 6.07 Å². The fourth-order valence-electron chi connectivity index (χ4n) is 2.85. The van der Waals surface area contributed by atoms with Gasteiger partial charge in [-0.25, -0.2) is 25.9 Å². The van der Waals surface area contributed by atoms with Gasteiger partial charge in [0.2, 0.25) is 26.0 Å². The van der Waals surface area contributed by atoms with E-state index in [2.05, 4.69) is 9.71 Å². The quantitative estimate of drug-likeness (QED) is 0.729. The number of carbonyl (C=O) groups excluding carboxylic acids is 1. The molecule has 1 aliphatic rings. The summed E-state index contributed by atoms with van der Waals surface area (Å²) < 4.78 is 58.4. The first-order valence-electron chi connectivity index (χ1n) is 8.29. The van der Waals surface area contributed by atoms with E-state index in [1.54, 1.807) is 12.1 Å². The minimum absolute atomic E-state index is 0.0101. The number of methoxy groups -OCH3 is 1. The van der Waals surface area contributed by atoms with Gasteiger partial charge < -0.3 is 4.74 Å². The van der Waals surface area contributed by atoms with E-state index in [1.165, 1.54) is 38.6 Å². The number of carbonyl (C=O) groups is 1. The lowest BCUT2D eigenvalue weighted by atomic mass is 10.2. The monoisotopic (exact) mass is 425 g/mol. The average Bonchev–Trinajstić information content (AvgIpc) is 2.87. The molecule has 1 aromatic heterocycles. The van der Waals surface area contributed by atoms with E-state index in [9.17, 15) is 21.6 Å². The zero-order valence-corrected chi connectivity index (χ0v) is 16.8. The molecule has 0 saturated carbocycles. The Labute approximate surface area is 163 Å². The van der Waals surface area contributed by atoms with Crippen molar-refractivity contribution >= 4 is 31.6 Å². The number of nitrogens with zero attached hydrogens (tertiary/aromatic N) is 2. The highest BCUT2D eigenvalue weighted by Crippen LogP contribution is 2.33. The van der Waals surface area contributed by atoms with Gasteiger partial charge in [-0.2, -0.15) is 0 Å². The second-order valence-electron chi connectivity index (χ2n) is 6.30. The first-order valence-corrected chi connectivity index (χ1v) is 11.4. The van der Waals surface area contributed by atoms with Crippen LogP contribution in [0.15, 0.2) is 47.6 Å². The van der Waals surface area contributed by atoms with E-state index in [4.69, 9.17) is 4.74 Å². The Morgan fingerprint density at radius 1 is 1.25 bits per heavy atom. The molecule has 150 valence electrons. The number of hydrogen-bond donors (Lipinski definition) is 1. The molecular weight excluding hydrogens is 406 g/mol. The molecule has 1 aromatic carbocycles. The van der Waals surface area contributed by atoms with Crippen LogP contribution in [0.4, 0.5) is 5.69 Å². The van der Waals surface area contributed by atoms with Gasteiger partial charge in [0.25, 0.3) is 0 Å². The number of ether oxygens (including phenoxy) is 1. The maximum atomic E-state index is 12.8. The number of nitrogens with one attached hydrogen (secondary N) is 1. The van der Waals surface area contributed by atoms with Crippen LogP contribution in [0.2, 0.25) is 0 Å². The molecule has 1 amide bonds. The van der Waals surface area contributed by atoms with Crippen molar-refractivity contribution in [3.63, 3.8) is 0 Å². The Hall–Kier alpha value is -2.50. The molecule has 1 aliphatic heterocycles. The van der Waals surface area contributed by atoms with Gasteiger partial charge in [0, 0.05) is 18.9 Å². The molecule has 3 rings (SSSR count). The van der Waals surface area contributed by atoms with Crippen LogP contribution >= 0.6 is 0 Å². The Balaban J connectivity index is 1.98. The molecule has 1 saturated heterocycles. The number of benzene rings is 1. The van der Waals surface area contributed by atoms with Crippen molar-refractivity contribution < 1.29 is 26.4 Å². The molecule has 2 aromatic rings.